The van der Waals surface area contributed by atoms with Gasteiger partial charge in [0.15, 0.2) is 0 Å². The first kappa shape index (κ1) is 11.3. The van der Waals surface area contributed by atoms with Crippen LogP contribution in [-0.2, 0) is 0 Å². The predicted octanol–water partition coefficient (Wildman–Crippen LogP) is 1.20. The fourth-order valence-electron chi connectivity index (χ4n) is 2.49. The largest absolute Gasteiger partial charge is 0.339 e. The maximum atomic E-state index is 5.60. The molecule has 1 aromatic heterocycles. The molecule has 1 fully saturated rings. The van der Waals surface area contributed by atoms with E-state index >= 15 is 0 Å². The number of anilines is 1. The van der Waals surface area contributed by atoms with E-state index in [1.807, 2.05) is 24.3 Å². The summed E-state index contributed by atoms with van der Waals surface area (Å²) in [5, 5.41) is 8.43. The summed E-state index contributed by atoms with van der Waals surface area (Å²) in [6, 6.07) is 7.83. The summed E-state index contributed by atoms with van der Waals surface area (Å²) >= 11 is 0. The summed E-state index contributed by atoms with van der Waals surface area (Å²) in [6.07, 6.45) is 2.25. The van der Waals surface area contributed by atoms with Gasteiger partial charge in [0.1, 0.15) is 5.52 Å². The van der Waals surface area contributed by atoms with Gasteiger partial charge >= 0.3 is 0 Å². The molecule has 0 bridgehead atoms. The van der Waals surface area contributed by atoms with Crippen molar-refractivity contribution in [3.8, 4) is 0 Å². The molecular weight excluding hydrogens is 226 g/mol. The molecule has 0 radical (unpaired) electrons. The highest BCUT2D eigenvalue weighted by Crippen LogP contribution is 2.23. The highest BCUT2D eigenvalue weighted by molar-refractivity contribution is 5.74. The third kappa shape index (κ3) is 2.13. The van der Waals surface area contributed by atoms with Gasteiger partial charge in [-0.15, -0.1) is 10.2 Å². The zero-order valence-corrected chi connectivity index (χ0v) is 10.3. The van der Waals surface area contributed by atoms with Crippen molar-refractivity contribution in [3.05, 3.63) is 24.3 Å². The van der Waals surface area contributed by atoms with Crippen LogP contribution in [-0.4, -0.2) is 34.8 Å². The Morgan fingerprint density at radius 2 is 2.06 bits per heavy atom. The molecule has 0 amide bonds. The van der Waals surface area contributed by atoms with Crippen molar-refractivity contribution in [2.45, 2.75) is 12.8 Å². The number of rotatable bonds is 3. The minimum atomic E-state index is 0.671. The van der Waals surface area contributed by atoms with Gasteiger partial charge in [-0.1, -0.05) is 12.1 Å². The molecular formula is C13H17N5. The Hall–Kier alpha value is -1.75. The zero-order chi connectivity index (χ0) is 12.4. The smallest absolute Gasteiger partial charge is 0.245 e. The second kappa shape index (κ2) is 4.86. The second-order valence-corrected chi connectivity index (χ2v) is 4.78. The van der Waals surface area contributed by atoms with Gasteiger partial charge in [0.25, 0.3) is 0 Å². The first-order valence-electron chi connectivity index (χ1n) is 6.41. The third-order valence-electron chi connectivity index (χ3n) is 3.49. The van der Waals surface area contributed by atoms with E-state index < -0.39 is 0 Å². The second-order valence-electron chi connectivity index (χ2n) is 4.78. The Morgan fingerprint density at radius 1 is 1.22 bits per heavy atom. The van der Waals surface area contributed by atoms with Crippen LogP contribution in [0.5, 0.6) is 0 Å². The predicted molar refractivity (Wildman–Crippen MR) is 71.3 cm³/mol. The summed E-state index contributed by atoms with van der Waals surface area (Å²) in [6.45, 7) is 2.76. The lowest BCUT2D eigenvalue weighted by Gasteiger charge is -2.15. The lowest BCUT2D eigenvalue weighted by molar-refractivity contribution is 0.545. The number of nitrogens with zero attached hydrogens (tertiary/aromatic N) is 4. The molecule has 94 valence electrons. The minimum Gasteiger partial charge on any atom is -0.339 e. The van der Waals surface area contributed by atoms with Crippen molar-refractivity contribution in [2.75, 3.05) is 24.5 Å². The molecule has 18 heavy (non-hydrogen) atoms. The van der Waals surface area contributed by atoms with E-state index in [1.54, 1.807) is 0 Å². The maximum absolute atomic E-state index is 5.60. The van der Waals surface area contributed by atoms with Gasteiger partial charge in [-0.05, 0) is 37.4 Å². The molecule has 2 N–H and O–H groups in total. The van der Waals surface area contributed by atoms with Crippen LogP contribution < -0.4 is 10.6 Å². The maximum Gasteiger partial charge on any atom is 0.245 e. The van der Waals surface area contributed by atoms with Crippen LogP contribution in [0.4, 0.5) is 5.95 Å². The van der Waals surface area contributed by atoms with Gasteiger partial charge in [0.2, 0.25) is 5.95 Å². The number of hydrogen-bond acceptors (Lipinski definition) is 5. The standard InChI is InChI=1S/C13H17N5/c14-7-5-10-6-8-18(9-10)13-15-11-3-1-2-4-12(11)16-17-13/h1-4,10H,5-9,14H2. The molecule has 5 heteroatoms. The van der Waals surface area contributed by atoms with E-state index in [1.165, 1.54) is 6.42 Å². The molecule has 2 aromatic rings. The summed E-state index contributed by atoms with van der Waals surface area (Å²) in [5.41, 5.74) is 7.36. The van der Waals surface area contributed by atoms with Crippen LogP contribution in [0, 0.1) is 5.92 Å². The third-order valence-corrected chi connectivity index (χ3v) is 3.49. The van der Waals surface area contributed by atoms with E-state index in [9.17, 15) is 0 Å². The van der Waals surface area contributed by atoms with Crippen molar-refractivity contribution in [1.29, 1.82) is 0 Å². The summed E-state index contributed by atoms with van der Waals surface area (Å²) in [4.78, 5) is 6.78. The lowest BCUT2D eigenvalue weighted by atomic mass is 10.1. The minimum absolute atomic E-state index is 0.671. The van der Waals surface area contributed by atoms with Gasteiger partial charge in [-0.2, -0.15) is 0 Å². The topological polar surface area (TPSA) is 67.9 Å². The average molecular weight is 243 g/mol. The van der Waals surface area contributed by atoms with Gasteiger partial charge in [-0.3, -0.25) is 0 Å². The summed E-state index contributed by atoms with van der Waals surface area (Å²) in [7, 11) is 0. The number of nitrogens with two attached hydrogens (primary N) is 1. The molecule has 1 aliphatic rings. The van der Waals surface area contributed by atoms with Gasteiger partial charge in [0.05, 0.1) is 5.52 Å². The Bertz CT molecular complexity index is 542. The molecule has 3 rings (SSSR count). The molecule has 1 atom stereocenters. The normalized spacial score (nSPS) is 19.6. The monoisotopic (exact) mass is 243 g/mol. The Labute approximate surface area is 106 Å². The molecule has 1 saturated heterocycles. The van der Waals surface area contributed by atoms with Crippen LogP contribution in [0.1, 0.15) is 12.8 Å². The molecule has 2 heterocycles. The molecule has 1 aromatic carbocycles. The molecule has 0 aliphatic carbocycles. The summed E-state index contributed by atoms with van der Waals surface area (Å²) in [5.74, 6) is 1.42. The van der Waals surface area contributed by atoms with Crippen molar-refractivity contribution >= 4 is 17.0 Å². The van der Waals surface area contributed by atoms with Crippen molar-refractivity contribution < 1.29 is 0 Å². The fourth-order valence-corrected chi connectivity index (χ4v) is 2.49. The molecule has 5 nitrogen and oxygen atoms in total. The average Bonchev–Trinajstić information content (AvgIpc) is 2.87. The quantitative estimate of drug-likeness (QED) is 0.877. The number of para-hydroxylation sites is 1. The molecule has 0 saturated carbocycles. The Balaban J connectivity index is 1.82. The van der Waals surface area contributed by atoms with E-state index in [4.69, 9.17) is 5.73 Å². The Kier molecular flexibility index (Phi) is 3.06. The van der Waals surface area contributed by atoms with Crippen LogP contribution in [0.2, 0.25) is 0 Å². The summed E-state index contributed by atoms with van der Waals surface area (Å²) < 4.78 is 0. The zero-order valence-electron chi connectivity index (χ0n) is 10.3. The SMILES string of the molecule is NCCC1CCN(c2nnc3ccccc3n2)C1. The first-order chi connectivity index (χ1) is 8.86. The van der Waals surface area contributed by atoms with E-state index in [-0.39, 0.29) is 0 Å². The van der Waals surface area contributed by atoms with Crippen LogP contribution >= 0.6 is 0 Å². The highest BCUT2D eigenvalue weighted by atomic mass is 15.3. The van der Waals surface area contributed by atoms with Crippen LogP contribution in [0.15, 0.2) is 24.3 Å². The first-order valence-corrected chi connectivity index (χ1v) is 6.41. The highest BCUT2D eigenvalue weighted by Gasteiger charge is 2.24. The van der Waals surface area contributed by atoms with Crippen molar-refractivity contribution in [2.24, 2.45) is 11.7 Å². The molecule has 1 unspecified atom stereocenters. The number of fused-ring (bicyclic) bond motifs is 1. The van der Waals surface area contributed by atoms with Crippen LogP contribution in [0.25, 0.3) is 11.0 Å². The van der Waals surface area contributed by atoms with Gasteiger partial charge in [-0.25, -0.2) is 4.98 Å². The molecule has 0 spiro atoms. The Morgan fingerprint density at radius 3 is 2.89 bits per heavy atom. The van der Waals surface area contributed by atoms with Gasteiger partial charge < -0.3 is 10.6 Å². The van der Waals surface area contributed by atoms with Crippen molar-refractivity contribution in [1.82, 2.24) is 15.2 Å². The molecule has 1 aliphatic heterocycles. The van der Waals surface area contributed by atoms with E-state index in [0.717, 1.165) is 43.0 Å². The number of hydrogen-bond donors (Lipinski definition) is 1. The van der Waals surface area contributed by atoms with Crippen LogP contribution in [0.3, 0.4) is 0 Å². The number of aromatic nitrogens is 3. The lowest BCUT2D eigenvalue weighted by Crippen LogP contribution is -2.23. The number of benzene rings is 1. The van der Waals surface area contributed by atoms with E-state index in [0.29, 0.717) is 5.92 Å². The van der Waals surface area contributed by atoms with E-state index in [2.05, 4.69) is 20.1 Å². The van der Waals surface area contributed by atoms with Gasteiger partial charge in [0, 0.05) is 13.1 Å². The van der Waals surface area contributed by atoms with Crippen molar-refractivity contribution in [3.63, 3.8) is 0 Å². The fraction of sp³-hybridized carbons (Fsp3) is 0.462.